The number of rotatable bonds is 5. The fraction of sp³-hybridized carbons (Fsp3) is 0.429. The summed E-state index contributed by atoms with van der Waals surface area (Å²) in [5.41, 5.74) is 4.19. The first-order valence-electron chi connectivity index (χ1n) is 9.43. The number of aryl methyl sites for hydroxylation is 1. The third kappa shape index (κ3) is 3.98. The molecule has 26 heavy (non-hydrogen) atoms. The van der Waals surface area contributed by atoms with Crippen molar-refractivity contribution in [1.29, 1.82) is 0 Å². The standard InChI is InChI=1S/C21H28N4O/c1-4-23(5-2)20-14-18(15-22-16-20)21(26)25-11-9-24(10-12-25)19-8-6-7-17(3)13-19/h6-8,13-16H,4-5,9-12H2,1-3H3. The van der Waals surface area contributed by atoms with Crippen molar-refractivity contribution in [3.8, 4) is 0 Å². The number of aromatic nitrogens is 1. The maximum atomic E-state index is 12.9. The van der Waals surface area contributed by atoms with Gasteiger partial charge in [0, 0.05) is 51.2 Å². The van der Waals surface area contributed by atoms with Gasteiger partial charge in [0.1, 0.15) is 0 Å². The highest BCUT2D eigenvalue weighted by atomic mass is 16.2. The van der Waals surface area contributed by atoms with Crippen molar-refractivity contribution >= 4 is 17.3 Å². The molecule has 1 saturated heterocycles. The van der Waals surface area contributed by atoms with Gasteiger partial charge in [-0.05, 0) is 44.5 Å². The summed E-state index contributed by atoms with van der Waals surface area (Å²) in [6.07, 6.45) is 3.52. The largest absolute Gasteiger partial charge is 0.371 e. The van der Waals surface area contributed by atoms with E-state index in [4.69, 9.17) is 0 Å². The molecule has 5 heteroatoms. The van der Waals surface area contributed by atoms with Crippen LogP contribution in [0.4, 0.5) is 11.4 Å². The highest BCUT2D eigenvalue weighted by molar-refractivity contribution is 5.95. The molecule has 0 N–H and O–H groups in total. The number of carbonyl (C=O) groups excluding carboxylic acids is 1. The minimum Gasteiger partial charge on any atom is -0.371 e. The Labute approximate surface area is 156 Å². The van der Waals surface area contributed by atoms with E-state index in [1.54, 1.807) is 6.20 Å². The number of carbonyl (C=O) groups is 1. The van der Waals surface area contributed by atoms with Gasteiger partial charge in [0.15, 0.2) is 0 Å². The molecule has 1 aliphatic heterocycles. The molecule has 0 radical (unpaired) electrons. The molecular weight excluding hydrogens is 324 g/mol. The number of nitrogens with zero attached hydrogens (tertiary/aromatic N) is 4. The average molecular weight is 352 g/mol. The quantitative estimate of drug-likeness (QED) is 0.828. The van der Waals surface area contributed by atoms with E-state index in [0.29, 0.717) is 5.56 Å². The lowest BCUT2D eigenvalue weighted by Crippen LogP contribution is -2.48. The highest BCUT2D eigenvalue weighted by Crippen LogP contribution is 2.20. The lowest BCUT2D eigenvalue weighted by atomic mass is 10.1. The first kappa shape index (κ1) is 18.2. The van der Waals surface area contributed by atoms with Crippen LogP contribution in [-0.4, -0.2) is 55.1 Å². The van der Waals surface area contributed by atoms with Crippen molar-refractivity contribution in [3.63, 3.8) is 0 Å². The summed E-state index contributed by atoms with van der Waals surface area (Å²) < 4.78 is 0. The zero-order chi connectivity index (χ0) is 18.5. The van der Waals surface area contributed by atoms with Crippen molar-refractivity contribution in [3.05, 3.63) is 53.9 Å². The van der Waals surface area contributed by atoms with Crippen molar-refractivity contribution in [2.45, 2.75) is 20.8 Å². The smallest absolute Gasteiger partial charge is 0.255 e. The van der Waals surface area contributed by atoms with Gasteiger partial charge in [-0.25, -0.2) is 0 Å². The van der Waals surface area contributed by atoms with Gasteiger partial charge in [-0.3, -0.25) is 9.78 Å². The number of benzene rings is 1. The van der Waals surface area contributed by atoms with Gasteiger partial charge < -0.3 is 14.7 Å². The third-order valence-corrected chi connectivity index (χ3v) is 5.03. The predicted molar refractivity (Wildman–Crippen MR) is 107 cm³/mol. The number of hydrogen-bond donors (Lipinski definition) is 0. The predicted octanol–water partition coefficient (Wildman–Crippen LogP) is 3.20. The third-order valence-electron chi connectivity index (χ3n) is 5.03. The van der Waals surface area contributed by atoms with Gasteiger partial charge in [-0.15, -0.1) is 0 Å². The Balaban J connectivity index is 1.66. The molecule has 1 aromatic heterocycles. The van der Waals surface area contributed by atoms with Gasteiger partial charge >= 0.3 is 0 Å². The Bertz CT molecular complexity index is 749. The second-order valence-corrected chi connectivity index (χ2v) is 6.72. The maximum absolute atomic E-state index is 12.9. The molecule has 138 valence electrons. The molecule has 0 atom stereocenters. The van der Waals surface area contributed by atoms with Crippen LogP contribution < -0.4 is 9.80 Å². The van der Waals surface area contributed by atoms with Crippen molar-refractivity contribution in [2.24, 2.45) is 0 Å². The van der Waals surface area contributed by atoms with E-state index < -0.39 is 0 Å². The Morgan fingerprint density at radius 3 is 2.46 bits per heavy atom. The minimum absolute atomic E-state index is 0.0791. The lowest BCUT2D eigenvalue weighted by Gasteiger charge is -2.36. The van der Waals surface area contributed by atoms with Crippen LogP contribution in [0.1, 0.15) is 29.8 Å². The molecule has 2 heterocycles. The molecule has 5 nitrogen and oxygen atoms in total. The zero-order valence-electron chi connectivity index (χ0n) is 16.0. The molecule has 0 bridgehead atoms. The fourth-order valence-corrected chi connectivity index (χ4v) is 3.48. The second kappa shape index (κ2) is 8.21. The summed E-state index contributed by atoms with van der Waals surface area (Å²) in [6, 6.07) is 10.5. The molecular formula is C21H28N4O. The van der Waals surface area contributed by atoms with E-state index in [-0.39, 0.29) is 5.91 Å². The summed E-state index contributed by atoms with van der Waals surface area (Å²) in [7, 11) is 0. The summed E-state index contributed by atoms with van der Waals surface area (Å²) in [6.45, 7) is 11.3. The van der Waals surface area contributed by atoms with Gasteiger partial charge in [-0.2, -0.15) is 0 Å². The second-order valence-electron chi connectivity index (χ2n) is 6.72. The molecule has 1 aromatic carbocycles. The SMILES string of the molecule is CCN(CC)c1cncc(C(=O)N2CCN(c3cccc(C)c3)CC2)c1. The Morgan fingerprint density at radius 1 is 1.08 bits per heavy atom. The minimum atomic E-state index is 0.0791. The average Bonchev–Trinajstić information content (AvgIpc) is 2.69. The fourth-order valence-electron chi connectivity index (χ4n) is 3.48. The van der Waals surface area contributed by atoms with Gasteiger partial charge in [-0.1, -0.05) is 12.1 Å². The number of pyridine rings is 1. The monoisotopic (exact) mass is 352 g/mol. The number of amides is 1. The number of hydrogen-bond acceptors (Lipinski definition) is 4. The molecule has 0 spiro atoms. The Kier molecular flexibility index (Phi) is 5.76. The molecule has 1 amide bonds. The van der Waals surface area contributed by atoms with E-state index in [2.05, 4.69) is 59.8 Å². The Morgan fingerprint density at radius 2 is 1.81 bits per heavy atom. The van der Waals surface area contributed by atoms with E-state index in [1.165, 1.54) is 11.3 Å². The normalized spacial score (nSPS) is 14.4. The first-order chi connectivity index (χ1) is 12.6. The van der Waals surface area contributed by atoms with E-state index >= 15 is 0 Å². The van der Waals surface area contributed by atoms with Crippen molar-refractivity contribution in [1.82, 2.24) is 9.88 Å². The van der Waals surface area contributed by atoms with Crippen LogP contribution in [0.15, 0.2) is 42.7 Å². The van der Waals surface area contributed by atoms with Crippen LogP contribution in [0.3, 0.4) is 0 Å². The van der Waals surface area contributed by atoms with Gasteiger partial charge in [0.25, 0.3) is 5.91 Å². The van der Waals surface area contributed by atoms with Crippen LogP contribution >= 0.6 is 0 Å². The molecule has 0 aliphatic carbocycles. The highest BCUT2D eigenvalue weighted by Gasteiger charge is 2.23. The molecule has 0 unspecified atom stereocenters. The van der Waals surface area contributed by atoms with Crippen LogP contribution in [0.5, 0.6) is 0 Å². The molecule has 0 saturated carbocycles. The lowest BCUT2D eigenvalue weighted by molar-refractivity contribution is 0.0746. The summed E-state index contributed by atoms with van der Waals surface area (Å²) >= 11 is 0. The van der Waals surface area contributed by atoms with Crippen LogP contribution in [0.25, 0.3) is 0 Å². The first-order valence-corrected chi connectivity index (χ1v) is 9.43. The van der Waals surface area contributed by atoms with E-state index in [1.807, 2.05) is 17.2 Å². The topological polar surface area (TPSA) is 39.7 Å². The molecule has 1 fully saturated rings. The van der Waals surface area contributed by atoms with Crippen molar-refractivity contribution < 1.29 is 4.79 Å². The summed E-state index contributed by atoms with van der Waals surface area (Å²) in [5, 5.41) is 0. The van der Waals surface area contributed by atoms with Crippen LogP contribution in [-0.2, 0) is 0 Å². The number of anilines is 2. The molecule has 3 rings (SSSR count). The van der Waals surface area contributed by atoms with Crippen molar-refractivity contribution in [2.75, 3.05) is 49.1 Å². The van der Waals surface area contributed by atoms with Gasteiger partial charge in [0.2, 0.25) is 0 Å². The summed E-state index contributed by atoms with van der Waals surface area (Å²) in [5.74, 6) is 0.0791. The van der Waals surface area contributed by atoms with Crippen LogP contribution in [0, 0.1) is 6.92 Å². The molecule has 1 aliphatic rings. The summed E-state index contributed by atoms with van der Waals surface area (Å²) in [4.78, 5) is 23.7. The van der Waals surface area contributed by atoms with E-state index in [0.717, 1.165) is 45.0 Å². The Hall–Kier alpha value is -2.56. The maximum Gasteiger partial charge on any atom is 0.255 e. The van der Waals surface area contributed by atoms with Gasteiger partial charge in [0.05, 0.1) is 17.4 Å². The van der Waals surface area contributed by atoms with Crippen LogP contribution in [0.2, 0.25) is 0 Å². The number of piperazine rings is 1. The molecule has 2 aromatic rings. The van der Waals surface area contributed by atoms with E-state index in [9.17, 15) is 4.79 Å². The zero-order valence-corrected chi connectivity index (χ0v) is 16.0.